The Bertz CT molecular complexity index is 303. The molecule has 0 spiro atoms. The molecule has 0 aliphatic carbocycles. The summed E-state index contributed by atoms with van der Waals surface area (Å²) < 4.78 is 7.47. The summed E-state index contributed by atoms with van der Waals surface area (Å²) >= 11 is 0. The summed E-state index contributed by atoms with van der Waals surface area (Å²) in [5.74, 6) is -0.0944. The predicted octanol–water partition coefficient (Wildman–Crippen LogP) is 2.95. The predicted molar refractivity (Wildman–Crippen MR) is 91.1 cm³/mol. The molecule has 1 saturated heterocycles. The van der Waals surface area contributed by atoms with Gasteiger partial charge in [0.15, 0.2) is 0 Å². The van der Waals surface area contributed by atoms with Gasteiger partial charge in [0, 0.05) is 32.7 Å². The van der Waals surface area contributed by atoms with Crippen molar-refractivity contribution in [1.29, 1.82) is 0 Å². The smallest absolute Gasteiger partial charge is 0.306 e. The van der Waals surface area contributed by atoms with Crippen molar-refractivity contribution in [2.45, 2.75) is 58.2 Å². The molecule has 0 aromatic heterocycles. The molecule has 5 heteroatoms. The normalized spacial score (nSPS) is 17.9. The number of carbonyl (C=O) groups is 1. The number of carbonyl (C=O) groups excluding carboxylic acids is 1. The van der Waals surface area contributed by atoms with Crippen LogP contribution in [0.15, 0.2) is 0 Å². The molecule has 0 N–H and O–H groups in total. The average Bonchev–Trinajstić information content (AvgIpc) is 2.49. The van der Waals surface area contributed by atoms with E-state index in [1.807, 2.05) is 0 Å². The zero-order chi connectivity index (χ0) is 15.7. The Kier molecular flexibility index (Phi) is 8.52. The summed E-state index contributed by atoms with van der Waals surface area (Å²) in [5, 5.41) is 0. The summed E-state index contributed by atoms with van der Waals surface area (Å²) in [4.78, 5) is 13.6. The third-order valence-electron chi connectivity index (χ3n) is 4.73. The van der Waals surface area contributed by atoms with Crippen molar-refractivity contribution in [3.63, 3.8) is 0 Å². The highest BCUT2D eigenvalue weighted by Gasteiger charge is 2.31. The Hall–Kier alpha value is -0.393. The quantitative estimate of drug-likeness (QED) is 0.372. The lowest BCUT2D eigenvalue weighted by atomic mass is 10.2. The number of nitrogens with zero attached hydrogens (tertiary/aromatic N) is 2. The monoisotopic (exact) mass is 314 g/mol. The Morgan fingerprint density at radius 3 is 2.33 bits per heavy atom. The van der Waals surface area contributed by atoms with Crippen LogP contribution in [0.5, 0.6) is 0 Å². The molecule has 124 valence electrons. The van der Waals surface area contributed by atoms with Crippen molar-refractivity contribution in [3.05, 3.63) is 0 Å². The number of unbranched alkanes of at least 4 members (excludes halogenated alkanes) is 3. The number of methoxy groups -OCH3 is 1. The van der Waals surface area contributed by atoms with Gasteiger partial charge in [-0.1, -0.05) is 45.7 Å². The highest BCUT2D eigenvalue weighted by molar-refractivity contribution is 6.74. The van der Waals surface area contributed by atoms with Gasteiger partial charge in [-0.2, -0.15) is 0 Å². The van der Waals surface area contributed by atoms with Gasteiger partial charge in [0.25, 0.3) is 0 Å². The van der Waals surface area contributed by atoms with Gasteiger partial charge in [0.05, 0.1) is 13.5 Å². The fraction of sp³-hybridized carbons (Fsp3) is 0.938. The summed E-state index contributed by atoms with van der Waals surface area (Å²) in [6, 6.07) is 1.43. The molecule has 0 aromatic carbocycles. The van der Waals surface area contributed by atoms with Crippen molar-refractivity contribution in [1.82, 2.24) is 9.47 Å². The maximum atomic E-state index is 11.2. The maximum Gasteiger partial charge on any atom is 0.306 e. The molecule has 1 rings (SSSR count). The van der Waals surface area contributed by atoms with Crippen LogP contribution in [0.4, 0.5) is 0 Å². The average molecular weight is 315 g/mol. The van der Waals surface area contributed by atoms with Crippen molar-refractivity contribution in [2.75, 3.05) is 39.8 Å². The fourth-order valence-corrected chi connectivity index (χ4v) is 5.91. The van der Waals surface area contributed by atoms with Gasteiger partial charge in [-0.15, -0.1) is 0 Å². The number of piperazine rings is 1. The maximum absolute atomic E-state index is 11.2. The van der Waals surface area contributed by atoms with Gasteiger partial charge in [-0.3, -0.25) is 4.79 Å². The second-order valence-electron chi connectivity index (χ2n) is 6.78. The van der Waals surface area contributed by atoms with Crippen LogP contribution in [0.2, 0.25) is 19.1 Å². The Labute approximate surface area is 131 Å². The van der Waals surface area contributed by atoms with Crippen LogP contribution in [0, 0.1) is 0 Å². The van der Waals surface area contributed by atoms with Crippen LogP contribution in [-0.4, -0.2) is 63.5 Å². The fourth-order valence-electron chi connectivity index (χ4n) is 3.07. The minimum absolute atomic E-state index is 0.0944. The first-order chi connectivity index (χ1) is 9.99. The van der Waals surface area contributed by atoms with Gasteiger partial charge in [-0.05, 0) is 6.04 Å². The van der Waals surface area contributed by atoms with Crippen molar-refractivity contribution >= 4 is 14.2 Å². The van der Waals surface area contributed by atoms with Crippen molar-refractivity contribution in [3.8, 4) is 0 Å². The highest BCUT2D eigenvalue weighted by Crippen LogP contribution is 2.21. The molecule has 4 nitrogen and oxygen atoms in total. The summed E-state index contributed by atoms with van der Waals surface area (Å²) in [5.41, 5.74) is 0. The third-order valence-corrected chi connectivity index (χ3v) is 8.47. The molecule has 1 aliphatic rings. The van der Waals surface area contributed by atoms with Crippen LogP contribution in [0.1, 0.15) is 39.0 Å². The first kappa shape index (κ1) is 18.7. The SMILES string of the molecule is CCCCCC[Si](C)(C)N1CCN(CCC(=O)OC)CC1. The topological polar surface area (TPSA) is 32.8 Å². The standard InChI is InChI=1S/C16H34N2O2Si/c1-5-6-7-8-15-21(3,4)18-13-11-17(12-14-18)10-9-16(19)20-2/h5-15H2,1-4H3. The van der Waals surface area contributed by atoms with Crippen LogP contribution < -0.4 is 0 Å². The molecule has 0 saturated carbocycles. The van der Waals surface area contributed by atoms with Crippen LogP contribution in [0.3, 0.4) is 0 Å². The minimum atomic E-state index is -1.22. The number of ether oxygens (including phenoxy) is 1. The molecule has 0 unspecified atom stereocenters. The first-order valence-electron chi connectivity index (χ1n) is 8.54. The zero-order valence-corrected chi connectivity index (χ0v) is 15.5. The summed E-state index contributed by atoms with van der Waals surface area (Å²) in [7, 11) is 0.247. The van der Waals surface area contributed by atoms with E-state index in [2.05, 4.69) is 29.5 Å². The highest BCUT2D eigenvalue weighted by atomic mass is 28.3. The molecule has 0 atom stereocenters. The van der Waals surface area contributed by atoms with E-state index in [0.717, 1.165) is 19.6 Å². The second kappa shape index (κ2) is 9.59. The molecule has 21 heavy (non-hydrogen) atoms. The lowest BCUT2D eigenvalue weighted by Gasteiger charge is -2.43. The molecule has 1 heterocycles. The summed E-state index contributed by atoms with van der Waals surface area (Å²) in [6.07, 6.45) is 6.02. The lowest BCUT2D eigenvalue weighted by Crippen LogP contribution is -2.57. The van der Waals surface area contributed by atoms with E-state index >= 15 is 0 Å². The first-order valence-corrected chi connectivity index (χ1v) is 11.7. The number of hydrogen-bond donors (Lipinski definition) is 0. The van der Waals surface area contributed by atoms with E-state index in [-0.39, 0.29) is 5.97 Å². The largest absolute Gasteiger partial charge is 0.469 e. The molecule has 0 bridgehead atoms. The van der Waals surface area contributed by atoms with E-state index in [1.54, 1.807) is 0 Å². The van der Waals surface area contributed by atoms with Crippen molar-refractivity contribution < 1.29 is 9.53 Å². The summed E-state index contributed by atoms with van der Waals surface area (Å²) in [6.45, 7) is 12.7. The van der Waals surface area contributed by atoms with Gasteiger partial charge in [-0.25, -0.2) is 0 Å². The third kappa shape index (κ3) is 6.93. The second-order valence-corrected chi connectivity index (χ2v) is 11.5. The molecular weight excluding hydrogens is 280 g/mol. The van der Waals surface area contributed by atoms with E-state index in [4.69, 9.17) is 4.74 Å². The zero-order valence-electron chi connectivity index (χ0n) is 14.5. The molecule has 0 aromatic rings. The van der Waals surface area contributed by atoms with Gasteiger partial charge < -0.3 is 14.2 Å². The number of hydrogen-bond acceptors (Lipinski definition) is 4. The number of esters is 1. The van der Waals surface area contributed by atoms with Gasteiger partial charge >= 0.3 is 5.97 Å². The molecule has 1 aliphatic heterocycles. The van der Waals surface area contributed by atoms with Crippen LogP contribution >= 0.6 is 0 Å². The lowest BCUT2D eigenvalue weighted by molar-refractivity contribution is -0.141. The Balaban J connectivity index is 2.25. The van der Waals surface area contributed by atoms with E-state index in [0.29, 0.717) is 6.42 Å². The molecule has 0 radical (unpaired) electrons. The molecule has 0 amide bonds. The van der Waals surface area contributed by atoms with Crippen LogP contribution in [-0.2, 0) is 9.53 Å². The molecule has 1 fully saturated rings. The van der Waals surface area contributed by atoms with E-state index in [1.165, 1.54) is 51.9 Å². The van der Waals surface area contributed by atoms with Crippen molar-refractivity contribution in [2.24, 2.45) is 0 Å². The van der Waals surface area contributed by atoms with E-state index in [9.17, 15) is 4.79 Å². The molecular formula is C16H34N2O2Si. The van der Waals surface area contributed by atoms with Gasteiger partial charge in [0.1, 0.15) is 8.24 Å². The Morgan fingerprint density at radius 2 is 1.76 bits per heavy atom. The Morgan fingerprint density at radius 1 is 1.10 bits per heavy atom. The van der Waals surface area contributed by atoms with E-state index < -0.39 is 8.24 Å². The number of rotatable bonds is 9. The van der Waals surface area contributed by atoms with Crippen LogP contribution in [0.25, 0.3) is 0 Å². The van der Waals surface area contributed by atoms with Gasteiger partial charge in [0.2, 0.25) is 0 Å². The minimum Gasteiger partial charge on any atom is -0.469 e.